The van der Waals surface area contributed by atoms with Crippen molar-refractivity contribution in [3.63, 3.8) is 0 Å². The summed E-state index contributed by atoms with van der Waals surface area (Å²) in [5.41, 5.74) is 0.449. The van der Waals surface area contributed by atoms with Crippen molar-refractivity contribution in [2.24, 2.45) is 0 Å². The highest BCUT2D eigenvalue weighted by molar-refractivity contribution is 8.26. The number of benzene rings is 1. The largest absolute Gasteiger partial charge is 0.495 e. The smallest absolute Gasteiger partial charge is 0.298 e. The minimum Gasteiger partial charge on any atom is -0.495 e. The first-order valence-electron chi connectivity index (χ1n) is 6.18. The Bertz CT molecular complexity index is 770. The molecule has 1 heterocycles. The molecule has 0 aromatic heterocycles. The Balaban J connectivity index is 2.45. The molecule has 1 aromatic rings. The van der Waals surface area contributed by atoms with Crippen LogP contribution < -0.4 is 4.74 Å². The molecule has 0 spiro atoms. The highest BCUT2D eigenvalue weighted by Crippen LogP contribution is 2.33. The Kier molecular flexibility index (Phi) is 4.90. The zero-order valence-corrected chi connectivity index (χ0v) is 14.2. The van der Waals surface area contributed by atoms with E-state index in [1.807, 2.05) is 6.92 Å². The summed E-state index contributed by atoms with van der Waals surface area (Å²) in [5, 5.41) is 0. The SMILES string of the molecule is CCN1C(=O)/C(=C/c2ccc(OC)c(S(=O)(=O)O)c2)SC1=S. The predicted octanol–water partition coefficient (Wildman–Crippen LogP) is 2.16. The fourth-order valence-electron chi connectivity index (χ4n) is 1.91. The molecule has 118 valence electrons. The van der Waals surface area contributed by atoms with Gasteiger partial charge in [0.05, 0.1) is 12.0 Å². The summed E-state index contributed by atoms with van der Waals surface area (Å²) in [6, 6.07) is 4.24. The molecular weight excluding hydrogens is 346 g/mol. The summed E-state index contributed by atoms with van der Waals surface area (Å²) < 4.78 is 37.3. The fraction of sp³-hybridized carbons (Fsp3) is 0.231. The molecule has 0 unspecified atom stereocenters. The highest BCUT2D eigenvalue weighted by Gasteiger charge is 2.30. The van der Waals surface area contributed by atoms with Crippen molar-refractivity contribution in [2.45, 2.75) is 11.8 Å². The van der Waals surface area contributed by atoms with Gasteiger partial charge in [0.25, 0.3) is 16.0 Å². The maximum Gasteiger partial charge on any atom is 0.298 e. The van der Waals surface area contributed by atoms with Crippen LogP contribution in [0.5, 0.6) is 5.75 Å². The summed E-state index contributed by atoms with van der Waals surface area (Å²) in [6.45, 7) is 2.29. The van der Waals surface area contributed by atoms with Crippen LogP contribution in [0.4, 0.5) is 0 Å². The number of carbonyl (C=O) groups excluding carboxylic acids is 1. The monoisotopic (exact) mass is 359 g/mol. The second-order valence-corrected chi connectivity index (χ2v) is 7.38. The van der Waals surface area contributed by atoms with Crippen molar-refractivity contribution in [1.82, 2.24) is 4.90 Å². The number of hydrogen-bond donors (Lipinski definition) is 1. The Labute approximate surface area is 137 Å². The summed E-state index contributed by atoms with van der Waals surface area (Å²) in [7, 11) is -3.12. The molecule has 1 N–H and O–H groups in total. The molecule has 1 saturated heterocycles. The standard InChI is InChI=1S/C13H13NO5S3/c1-3-14-12(15)10(21-13(14)20)6-8-4-5-9(19-2)11(7-8)22(16,17)18/h4-7H,3H2,1-2H3,(H,16,17,18)/b10-6-. The van der Waals surface area contributed by atoms with Crippen molar-refractivity contribution in [2.75, 3.05) is 13.7 Å². The van der Waals surface area contributed by atoms with E-state index in [4.69, 9.17) is 17.0 Å². The minimum absolute atomic E-state index is 0.0285. The molecule has 1 aliphatic rings. The Morgan fingerprint density at radius 1 is 1.45 bits per heavy atom. The molecule has 2 rings (SSSR count). The van der Waals surface area contributed by atoms with E-state index in [9.17, 15) is 17.8 Å². The van der Waals surface area contributed by atoms with Crippen LogP contribution in [-0.4, -0.2) is 41.8 Å². The third kappa shape index (κ3) is 3.32. The van der Waals surface area contributed by atoms with Crippen LogP contribution in [0.1, 0.15) is 12.5 Å². The Morgan fingerprint density at radius 3 is 2.64 bits per heavy atom. The number of methoxy groups -OCH3 is 1. The van der Waals surface area contributed by atoms with Crippen molar-refractivity contribution in [3.05, 3.63) is 28.7 Å². The van der Waals surface area contributed by atoms with Gasteiger partial charge in [-0.1, -0.05) is 30.0 Å². The molecule has 0 atom stereocenters. The lowest BCUT2D eigenvalue weighted by Gasteiger charge is -2.09. The van der Waals surface area contributed by atoms with E-state index in [0.717, 1.165) is 11.8 Å². The second-order valence-electron chi connectivity index (χ2n) is 4.31. The average molecular weight is 359 g/mol. The van der Waals surface area contributed by atoms with Crippen LogP contribution in [0.25, 0.3) is 6.08 Å². The van der Waals surface area contributed by atoms with Gasteiger partial charge in [-0.3, -0.25) is 14.2 Å². The van der Waals surface area contributed by atoms with Crippen molar-refractivity contribution < 1.29 is 22.5 Å². The van der Waals surface area contributed by atoms with E-state index < -0.39 is 10.1 Å². The maximum absolute atomic E-state index is 12.1. The zero-order chi connectivity index (χ0) is 16.5. The predicted molar refractivity (Wildman–Crippen MR) is 88.4 cm³/mol. The van der Waals surface area contributed by atoms with E-state index in [-0.39, 0.29) is 16.6 Å². The number of carbonyl (C=O) groups is 1. The minimum atomic E-state index is -4.42. The van der Waals surface area contributed by atoms with E-state index in [0.29, 0.717) is 21.3 Å². The molecule has 9 heteroatoms. The first kappa shape index (κ1) is 16.9. The summed E-state index contributed by atoms with van der Waals surface area (Å²) in [5.74, 6) is -0.192. The van der Waals surface area contributed by atoms with Gasteiger partial charge in [0, 0.05) is 6.54 Å². The molecule has 1 aromatic carbocycles. The van der Waals surface area contributed by atoms with E-state index in [1.54, 1.807) is 6.07 Å². The lowest BCUT2D eigenvalue weighted by Crippen LogP contribution is -2.27. The van der Waals surface area contributed by atoms with E-state index >= 15 is 0 Å². The Morgan fingerprint density at radius 2 is 2.14 bits per heavy atom. The second kappa shape index (κ2) is 6.37. The van der Waals surface area contributed by atoms with Crippen LogP contribution in [0.3, 0.4) is 0 Å². The van der Waals surface area contributed by atoms with Gasteiger partial charge in [0.1, 0.15) is 15.0 Å². The molecule has 0 aliphatic carbocycles. The number of likely N-dealkylation sites (N-methyl/N-ethyl adjacent to an activating group) is 1. The van der Waals surface area contributed by atoms with Gasteiger partial charge in [0.2, 0.25) is 0 Å². The molecule has 1 aliphatic heterocycles. The topological polar surface area (TPSA) is 83.9 Å². The fourth-order valence-corrected chi connectivity index (χ4v) is 3.98. The average Bonchev–Trinajstić information content (AvgIpc) is 2.72. The van der Waals surface area contributed by atoms with E-state index in [2.05, 4.69) is 0 Å². The van der Waals surface area contributed by atoms with E-state index in [1.165, 1.54) is 30.2 Å². The quantitative estimate of drug-likeness (QED) is 0.501. The first-order chi connectivity index (χ1) is 10.3. The Hall–Kier alpha value is -1.42. The van der Waals surface area contributed by atoms with Gasteiger partial charge in [-0.25, -0.2) is 0 Å². The number of hydrogen-bond acceptors (Lipinski definition) is 6. The molecular formula is C13H13NO5S3. The first-order valence-corrected chi connectivity index (χ1v) is 8.85. The lowest BCUT2D eigenvalue weighted by molar-refractivity contribution is -0.121. The van der Waals surface area contributed by atoms with Crippen molar-refractivity contribution in [1.29, 1.82) is 0 Å². The van der Waals surface area contributed by atoms with Crippen LogP contribution in [0, 0.1) is 0 Å². The number of thiocarbonyl (C=S) groups is 1. The number of thioether (sulfide) groups is 1. The summed E-state index contributed by atoms with van der Waals surface area (Å²) >= 11 is 6.26. The summed E-state index contributed by atoms with van der Waals surface area (Å²) in [6.07, 6.45) is 1.53. The van der Waals surface area contributed by atoms with Gasteiger partial charge in [-0.05, 0) is 30.7 Å². The summed E-state index contributed by atoms with van der Waals surface area (Å²) in [4.78, 5) is 13.6. The molecule has 6 nitrogen and oxygen atoms in total. The number of rotatable bonds is 4. The molecule has 0 radical (unpaired) electrons. The third-order valence-electron chi connectivity index (χ3n) is 2.95. The van der Waals surface area contributed by atoms with Gasteiger partial charge in [-0.15, -0.1) is 0 Å². The lowest BCUT2D eigenvalue weighted by atomic mass is 10.2. The van der Waals surface area contributed by atoms with Crippen molar-refractivity contribution in [3.8, 4) is 5.75 Å². The van der Waals surface area contributed by atoms with Gasteiger partial charge in [-0.2, -0.15) is 8.42 Å². The van der Waals surface area contributed by atoms with Gasteiger partial charge in [0.15, 0.2) is 0 Å². The van der Waals surface area contributed by atoms with Crippen LogP contribution in [0.15, 0.2) is 28.0 Å². The highest BCUT2D eigenvalue weighted by atomic mass is 32.2. The normalized spacial score (nSPS) is 17.4. The number of nitrogens with zero attached hydrogens (tertiary/aromatic N) is 1. The molecule has 22 heavy (non-hydrogen) atoms. The molecule has 0 bridgehead atoms. The number of ether oxygens (including phenoxy) is 1. The maximum atomic E-state index is 12.1. The van der Waals surface area contributed by atoms with Gasteiger partial charge < -0.3 is 4.74 Å². The van der Waals surface area contributed by atoms with Crippen LogP contribution in [0.2, 0.25) is 0 Å². The zero-order valence-electron chi connectivity index (χ0n) is 11.8. The third-order valence-corrected chi connectivity index (χ3v) is 5.21. The van der Waals surface area contributed by atoms with Gasteiger partial charge >= 0.3 is 0 Å². The van der Waals surface area contributed by atoms with Crippen molar-refractivity contribution >= 4 is 50.4 Å². The molecule has 1 amide bonds. The molecule has 0 saturated carbocycles. The van der Waals surface area contributed by atoms with Crippen LogP contribution in [-0.2, 0) is 14.9 Å². The number of amides is 1. The van der Waals surface area contributed by atoms with Crippen LogP contribution >= 0.6 is 24.0 Å². The molecule has 1 fully saturated rings.